The molecule has 0 aliphatic heterocycles. The summed E-state index contributed by atoms with van der Waals surface area (Å²) in [4.78, 5) is 12.1. The summed E-state index contributed by atoms with van der Waals surface area (Å²) in [5.41, 5.74) is 0.465. The normalized spacial score (nSPS) is 28.6. The summed E-state index contributed by atoms with van der Waals surface area (Å²) in [5.74, 6) is 0.886. The van der Waals surface area contributed by atoms with Crippen molar-refractivity contribution in [2.45, 2.75) is 87.1 Å². The lowest BCUT2D eigenvalue weighted by Crippen LogP contribution is -2.49. The number of rotatable bonds is 2. The van der Waals surface area contributed by atoms with E-state index < -0.39 is 0 Å². The summed E-state index contributed by atoms with van der Waals surface area (Å²) in [7, 11) is 0. The van der Waals surface area contributed by atoms with E-state index in [1.54, 1.807) is 0 Å². The highest BCUT2D eigenvalue weighted by atomic mass is 16.2. The quantitative estimate of drug-likeness (QED) is 0.775. The number of carbonyl (C=O) groups is 1. The van der Waals surface area contributed by atoms with Gasteiger partial charge in [0, 0.05) is 11.5 Å². The predicted octanol–water partition coefficient (Wildman–Crippen LogP) is 4.78. The highest BCUT2D eigenvalue weighted by Crippen LogP contribution is 2.54. The monoisotopic (exact) mass is 281 g/mol. The zero-order valence-electron chi connectivity index (χ0n) is 14.9. The Morgan fingerprint density at radius 1 is 1.05 bits per heavy atom. The maximum atomic E-state index is 12.1. The van der Waals surface area contributed by atoms with Gasteiger partial charge in [0.05, 0.1) is 0 Å². The average molecular weight is 281 g/mol. The first-order chi connectivity index (χ1) is 8.90. The molecule has 118 valence electrons. The molecule has 20 heavy (non-hydrogen) atoms. The molecule has 1 aliphatic carbocycles. The topological polar surface area (TPSA) is 29.1 Å². The van der Waals surface area contributed by atoms with Gasteiger partial charge in [-0.15, -0.1) is 0 Å². The Hall–Kier alpha value is -0.530. The SMILES string of the molecule is CC(C)C1(C(C)(C)C)CCC(NC(=O)C(C)(C)C)CC1. The molecule has 0 aromatic rings. The van der Waals surface area contributed by atoms with Crippen LogP contribution in [0.25, 0.3) is 0 Å². The van der Waals surface area contributed by atoms with E-state index in [1.807, 2.05) is 20.8 Å². The van der Waals surface area contributed by atoms with Crippen molar-refractivity contribution < 1.29 is 4.79 Å². The molecule has 1 saturated carbocycles. The third-order valence-corrected chi connectivity index (χ3v) is 5.49. The summed E-state index contributed by atoms with van der Waals surface area (Å²) in [6, 6.07) is 0.371. The molecule has 0 aromatic heterocycles. The van der Waals surface area contributed by atoms with Crippen LogP contribution in [0.4, 0.5) is 0 Å². The standard InChI is InChI=1S/C18H35NO/c1-13(2)18(17(6,7)8)11-9-14(10-12-18)19-15(20)16(3,4)5/h13-14H,9-12H2,1-8H3,(H,19,20). The van der Waals surface area contributed by atoms with Crippen LogP contribution in [0.1, 0.15) is 81.1 Å². The lowest BCUT2D eigenvalue weighted by Gasteiger charge is -2.52. The van der Waals surface area contributed by atoms with E-state index in [1.165, 1.54) is 12.8 Å². The smallest absolute Gasteiger partial charge is 0.225 e. The molecule has 1 amide bonds. The minimum Gasteiger partial charge on any atom is -0.353 e. The van der Waals surface area contributed by atoms with E-state index in [-0.39, 0.29) is 11.3 Å². The Morgan fingerprint density at radius 3 is 1.80 bits per heavy atom. The van der Waals surface area contributed by atoms with Crippen molar-refractivity contribution in [1.29, 1.82) is 0 Å². The molecule has 1 N–H and O–H groups in total. The Labute approximate surface area is 126 Å². The average Bonchev–Trinajstić information content (AvgIpc) is 2.26. The molecule has 0 aromatic carbocycles. The van der Waals surface area contributed by atoms with Crippen molar-refractivity contribution >= 4 is 5.91 Å². The second-order valence-corrected chi connectivity index (χ2v) is 9.06. The first kappa shape index (κ1) is 17.5. The summed E-state index contributed by atoms with van der Waals surface area (Å²) >= 11 is 0. The molecule has 0 bridgehead atoms. The molecule has 2 nitrogen and oxygen atoms in total. The van der Waals surface area contributed by atoms with Crippen LogP contribution >= 0.6 is 0 Å². The number of carbonyl (C=O) groups excluding carboxylic acids is 1. The van der Waals surface area contributed by atoms with Gasteiger partial charge < -0.3 is 5.32 Å². The zero-order chi connectivity index (χ0) is 15.8. The van der Waals surface area contributed by atoms with Crippen molar-refractivity contribution in [2.24, 2.45) is 22.2 Å². The minimum atomic E-state index is -0.281. The van der Waals surface area contributed by atoms with Crippen LogP contribution in [0.2, 0.25) is 0 Å². The first-order valence-corrected chi connectivity index (χ1v) is 8.21. The molecule has 0 heterocycles. The molecular weight excluding hydrogens is 246 g/mol. The Balaban J connectivity index is 2.69. The van der Waals surface area contributed by atoms with E-state index >= 15 is 0 Å². The lowest BCUT2D eigenvalue weighted by atomic mass is 9.54. The fourth-order valence-electron chi connectivity index (χ4n) is 3.87. The number of amides is 1. The van der Waals surface area contributed by atoms with Gasteiger partial charge in [0.25, 0.3) is 0 Å². The van der Waals surface area contributed by atoms with Crippen LogP contribution in [0.15, 0.2) is 0 Å². The van der Waals surface area contributed by atoms with Crippen LogP contribution in [0, 0.1) is 22.2 Å². The molecule has 1 rings (SSSR count). The van der Waals surface area contributed by atoms with E-state index in [9.17, 15) is 4.79 Å². The third-order valence-electron chi connectivity index (χ3n) is 5.49. The Morgan fingerprint density at radius 2 is 1.50 bits per heavy atom. The second-order valence-electron chi connectivity index (χ2n) is 9.06. The second kappa shape index (κ2) is 5.69. The fraction of sp³-hybridized carbons (Fsp3) is 0.944. The summed E-state index contributed by atoms with van der Waals surface area (Å²) in [5, 5.41) is 3.25. The van der Waals surface area contributed by atoms with E-state index in [2.05, 4.69) is 39.9 Å². The van der Waals surface area contributed by atoms with E-state index in [0.29, 0.717) is 22.8 Å². The van der Waals surface area contributed by atoms with Crippen LogP contribution in [0.3, 0.4) is 0 Å². The van der Waals surface area contributed by atoms with Gasteiger partial charge in [0.1, 0.15) is 0 Å². The number of hydrogen-bond acceptors (Lipinski definition) is 1. The molecule has 2 heteroatoms. The van der Waals surface area contributed by atoms with Crippen LogP contribution in [0.5, 0.6) is 0 Å². The fourth-order valence-corrected chi connectivity index (χ4v) is 3.87. The maximum absolute atomic E-state index is 12.1. The summed E-state index contributed by atoms with van der Waals surface area (Å²) in [6.45, 7) is 17.8. The molecule has 0 radical (unpaired) electrons. The summed E-state index contributed by atoms with van der Waals surface area (Å²) in [6.07, 6.45) is 4.70. The molecule has 0 spiro atoms. The Kier molecular flexibility index (Phi) is 4.99. The predicted molar refractivity (Wildman–Crippen MR) is 86.6 cm³/mol. The molecule has 0 unspecified atom stereocenters. The molecule has 1 fully saturated rings. The van der Waals surface area contributed by atoms with Crippen molar-refractivity contribution in [3.8, 4) is 0 Å². The van der Waals surface area contributed by atoms with Gasteiger partial charge in [-0.3, -0.25) is 4.79 Å². The van der Waals surface area contributed by atoms with E-state index in [4.69, 9.17) is 0 Å². The van der Waals surface area contributed by atoms with Crippen molar-refractivity contribution in [1.82, 2.24) is 5.32 Å². The van der Waals surface area contributed by atoms with Gasteiger partial charge in [-0.1, -0.05) is 55.4 Å². The summed E-state index contributed by atoms with van der Waals surface area (Å²) < 4.78 is 0. The maximum Gasteiger partial charge on any atom is 0.225 e. The number of nitrogens with one attached hydrogen (secondary N) is 1. The zero-order valence-corrected chi connectivity index (χ0v) is 14.9. The largest absolute Gasteiger partial charge is 0.353 e. The van der Waals surface area contributed by atoms with Gasteiger partial charge in [0.15, 0.2) is 0 Å². The van der Waals surface area contributed by atoms with Gasteiger partial charge >= 0.3 is 0 Å². The van der Waals surface area contributed by atoms with Gasteiger partial charge in [-0.2, -0.15) is 0 Å². The molecule has 0 atom stereocenters. The number of hydrogen-bond donors (Lipinski definition) is 1. The van der Waals surface area contributed by atoms with Crippen LogP contribution in [-0.2, 0) is 4.79 Å². The highest BCUT2D eigenvalue weighted by Gasteiger charge is 2.46. The van der Waals surface area contributed by atoms with Gasteiger partial charge in [0.2, 0.25) is 5.91 Å². The lowest BCUT2D eigenvalue weighted by molar-refractivity contribution is -0.130. The van der Waals surface area contributed by atoms with E-state index in [0.717, 1.165) is 12.8 Å². The third kappa shape index (κ3) is 3.56. The van der Waals surface area contributed by atoms with Crippen molar-refractivity contribution in [3.05, 3.63) is 0 Å². The molecular formula is C18H35NO. The van der Waals surface area contributed by atoms with Crippen LogP contribution < -0.4 is 5.32 Å². The highest BCUT2D eigenvalue weighted by molar-refractivity contribution is 5.81. The van der Waals surface area contributed by atoms with Gasteiger partial charge in [-0.05, 0) is 42.4 Å². The minimum absolute atomic E-state index is 0.190. The van der Waals surface area contributed by atoms with Crippen LogP contribution in [-0.4, -0.2) is 11.9 Å². The van der Waals surface area contributed by atoms with Gasteiger partial charge in [-0.25, -0.2) is 0 Å². The first-order valence-electron chi connectivity index (χ1n) is 8.21. The van der Waals surface area contributed by atoms with Crippen molar-refractivity contribution in [2.75, 3.05) is 0 Å². The molecule has 1 aliphatic rings. The van der Waals surface area contributed by atoms with Crippen molar-refractivity contribution in [3.63, 3.8) is 0 Å². The molecule has 0 saturated heterocycles. The Bertz CT molecular complexity index is 335.